The van der Waals surface area contributed by atoms with Gasteiger partial charge in [-0.25, -0.2) is 4.79 Å². The van der Waals surface area contributed by atoms with Gasteiger partial charge in [0.1, 0.15) is 5.58 Å². The summed E-state index contributed by atoms with van der Waals surface area (Å²) in [5.41, 5.74) is 3.98. The molecule has 134 valence electrons. The van der Waals surface area contributed by atoms with Crippen molar-refractivity contribution in [3.8, 4) is 0 Å². The van der Waals surface area contributed by atoms with E-state index in [0.29, 0.717) is 5.58 Å². The van der Waals surface area contributed by atoms with E-state index in [-0.39, 0.29) is 24.3 Å². The van der Waals surface area contributed by atoms with Crippen LogP contribution in [-0.2, 0) is 9.53 Å². The average Bonchev–Trinajstić information content (AvgIpc) is 3.06. The summed E-state index contributed by atoms with van der Waals surface area (Å²) in [6.07, 6.45) is 0. The summed E-state index contributed by atoms with van der Waals surface area (Å²) in [4.78, 5) is 24.1. The topological polar surface area (TPSA) is 68.5 Å². The lowest BCUT2D eigenvalue weighted by Gasteiger charge is -2.15. The molecular formula is C21H21NO4. The SMILES string of the molecule is Cc1ccc([C@H](C)NC(=O)COC(=O)c2cc3ccccc3o2)cc1C. The van der Waals surface area contributed by atoms with Crippen molar-refractivity contribution in [2.45, 2.75) is 26.8 Å². The fraction of sp³-hybridized carbons (Fsp3) is 0.238. The average molecular weight is 351 g/mol. The van der Waals surface area contributed by atoms with E-state index >= 15 is 0 Å². The van der Waals surface area contributed by atoms with Gasteiger partial charge >= 0.3 is 5.97 Å². The Morgan fingerprint density at radius 1 is 1.08 bits per heavy atom. The van der Waals surface area contributed by atoms with Crippen LogP contribution >= 0.6 is 0 Å². The maximum atomic E-state index is 12.1. The second kappa shape index (κ2) is 7.44. The number of para-hydroxylation sites is 1. The highest BCUT2D eigenvalue weighted by atomic mass is 16.5. The molecule has 0 fully saturated rings. The van der Waals surface area contributed by atoms with Gasteiger partial charge in [0.05, 0.1) is 6.04 Å². The van der Waals surface area contributed by atoms with E-state index in [1.54, 1.807) is 12.1 Å². The van der Waals surface area contributed by atoms with Crippen LogP contribution in [-0.4, -0.2) is 18.5 Å². The number of aryl methyl sites for hydroxylation is 2. The number of hydrogen-bond acceptors (Lipinski definition) is 4. The smallest absolute Gasteiger partial charge is 0.374 e. The van der Waals surface area contributed by atoms with Gasteiger partial charge in [-0.1, -0.05) is 36.4 Å². The molecule has 0 aliphatic carbocycles. The molecule has 0 aliphatic rings. The van der Waals surface area contributed by atoms with Crippen molar-refractivity contribution in [3.05, 3.63) is 71.0 Å². The van der Waals surface area contributed by atoms with Gasteiger partial charge in [0.15, 0.2) is 6.61 Å². The molecule has 0 saturated heterocycles. The predicted molar refractivity (Wildman–Crippen MR) is 99.0 cm³/mol. The van der Waals surface area contributed by atoms with Crippen LogP contribution in [0.15, 0.2) is 52.9 Å². The molecular weight excluding hydrogens is 330 g/mol. The van der Waals surface area contributed by atoms with Crippen molar-refractivity contribution in [1.29, 1.82) is 0 Å². The zero-order valence-corrected chi connectivity index (χ0v) is 15.0. The van der Waals surface area contributed by atoms with E-state index in [1.165, 1.54) is 11.1 Å². The van der Waals surface area contributed by atoms with Crippen molar-refractivity contribution in [2.75, 3.05) is 6.61 Å². The van der Waals surface area contributed by atoms with E-state index in [9.17, 15) is 9.59 Å². The maximum Gasteiger partial charge on any atom is 0.374 e. The van der Waals surface area contributed by atoms with Gasteiger partial charge in [-0.2, -0.15) is 0 Å². The lowest BCUT2D eigenvalue weighted by Crippen LogP contribution is -2.31. The number of fused-ring (bicyclic) bond motifs is 1. The largest absolute Gasteiger partial charge is 0.450 e. The normalized spacial score (nSPS) is 12.0. The number of hydrogen-bond donors (Lipinski definition) is 1. The van der Waals surface area contributed by atoms with Gasteiger partial charge in [-0.3, -0.25) is 4.79 Å². The van der Waals surface area contributed by atoms with Gasteiger partial charge < -0.3 is 14.5 Å². The molecule has 5 nitrogen and oxygen atoms in total. The van der Waals surface area contributed by atoms with Gasteiger partial charge in [0, 0.05) is 5.39 Å². The molecule has 0 unspecified atom stereocenters. The standard InChI is InChI=1S/C21H21NO4/c1-13-8-9-16(10-14(13)2)15(3)22-20(23)12-25-21(24)19-11-17-6-4-5-7-18(17)26-19/h4-11,15H,12H2,1-3H3,(H,22,23)/t15-/m0/s1. The van der Waals surface area contributed by atoms with Crippen molar-refractivity contribution >= 4 is 22.8 Å². The van der Waals surface area contributed by atoms with Crippen LogP contribution in [0, 0.1) is 13.8 Å². The summed E-state index contributed by atoms with van der Waals surface area (Å²) in [5, 5.41) is 3.64. The second-order valence-electron chi connectivity index (χ2n) is 6.36. The summed E-state index contributed by atoms with van der Waals surface area (Å²) in [6, 6.07) is 14.8. The molecule has 1 heterocycles. The Kier molecular flexibility index (Phi) is 5.07. The summed E-state index contributed by atoms with van der Waals surface area (Å²) < 4.78 is 10.5. The van der Waals surface area contributed by atoms with Crippen LogP contribution in [0.25, 0.3) is 11.0 Å². The summed E-state index contributed by atoms with van der Waals surface area (Å²) in [5.74, 6) is -0.934. The minimum Gasteiger partial charge on any atom is -0.450 e. The van der Waals surface area contributed by atoms with Crippen LogP contribution in [0.5, 0.6) is 0 Å². The van der Waals surface area contributed by atoms with Crippen LogP contribution in [0.3, 0.4) is 0 Å². The third kappa shape index (κ3) is 3.94. The Morgan fingerprint density at radius 3 is 2.58 bits per heavy atom. The van der Waals surface area contributed by atoms with Crippen molar-refractivity contribution < 1.29 is 18.7 Å². The number of benzene rings is 2. The zero-order valence-electron chi connectivity index (χ0n) is 15.0. The van der Waals surface area contributed by atoms with Crippen LogP contribution in [0.2, 0.25) is 0 Å². The molecule has 0 saturated carbocycles. The lowest BCUT2D eigenvalue weighted by atomic mass is 10.0. The zero-order chi connectivity index (χ0) is 18.7. The monoisotopic (exact) mass is 351 g/mol. The molecule has 26 heavy (non-hydrogen) atoms. The Balaban J connectivity index is 1.56. The summed E-state index contributed by atoms with van der Waals surface area (Å²) >= 11 is 0. The van der Waals surface area contributed by atoms with Crippen LogP contribution in [0.4, 0.5) is 0 Å². The molecule has 0 aliphatic heterocycles. The Bertz CT molecular complexity index is 925. The number of esters is 1. The number of nitrogens with one attached hydrogen (secondary N) is 1. The molecule has 3 aromatic rings. The Morgan fingerprint density at radius 2 is 1.85 bits per heavy atom. The van der Waals surface area contributed by atoms with Gasteiger partial charge in [0.2, 0.25) is 5.76 Å². The fourth-order valence-electron chi connectivity index (χ4n) is 2.69. The van der Waals surface area contributed by atoms with E-state index in [4.69, 9.17) is 9.15 Å². The van der Waals surface area contributed by atoms with Gasteiger partial charge in [-0.15, -0.1) is 0 Å². The number of furan rings is 1. The molecule has 2 aromatic carbocycles. The first-order valence-electron chi connectivity index (χ1n) is 8.46. The fourth-order valence-corrected chi connectivity index (χ4v) is 2.69. The van der Waals surface area contributed by atoms with Gasteiger partial charge in [0.25, 0.3) is 5.91 Å². The van der Waals surface area contributed by atoms with E-state index in [1.807, 2.05) is 57.2 Å². The molecule has 5 heteroatoms. The van der Waals surface area contributed by atoms with E-state index < -0.39 is 5.97 Å². The molecule has 0 spiro atoms. The number of carbonyl (C=O) groups is 2. The molecule has 0 bridgehead atoms. The number of amides is 1. The Labute approximate surface area is 152 Å². The van der Waals surface area contributed by atoms with Crippen LogP contribution < -0.4 is 5.32 Å². The number of carbonyl (C=O) groups excluding carboxylic acids is 2. The highest BCUT2D eigenvalue weighted by Gasteiger charge is 2.16. The Hall–Kier alpha value is -3.08. The molecule has 1 amide bonds. The van der Waals surface area contributed by atoms with Crippen molar-refractivity contribution in [2.24, 2.45) is 0 Å². The highest BCUT2D eigenvalue weighted by Crippen LogP contribution is 2.19. The second-order valence-corrected chi connectivity index (χ2v) is 6.36. The third-order valence-corrected chi connectivity index (χ3v) is 4.37. The first-order valence-corrected chi connectivity index (χ1v) is 8.46. The van der Waals surface area contributed by atoms with Crippen LogP contribution in [0.1, 0.15) is 40.2 Å². The molecule has 0 radical (unpaired) electrons. The number of rotatable bonds is 5. The van der Waals surface area contributed by atoms with Crippen molar-refractivity contribution in [3.63, 3.8) is 0 Å². The molecule has 1 aromatic heterocycles. The lowest BCUT2D eigenvalue weighted by molar-refractivity contribution is -0.124. The number of ether oxygens (including phenoxy) is 1. The third-order valence-electron chi connectivity index (χ3n) is 4.37. The first-order chi connectivity index (χ1) is 12.4. The minimum atomic E-state index is -0.657. The predicted octanol–water partition coefficient (Wildman–Crippen LogP) is 4.08. The molecule has 1 atom stereocenters. The molecule has 1 N–H and O–H groups in total. The van der Waals surface area contributed by atoms with E-state index in [2.05, 4.69) is 5.32 Å². The maximum absolute atomic E-state index is 12.1. The van der Waals surface area contributed by atoms with Crippen molar-refractivity contribution in [1.82, 2.24) is 5.32 Å². The quantitative estimate of drug-likeness (QED) is 0.703. The summed E-state index contributed by atoms with van der Waals surface area (Å²) in [6.45, 7) is 5.61. The first kappa shape index (κ1) is 17.7. The highest BCUT2D eigenvalue weighted by molar-refractivity contribution is 5.93. The van der Waals surface area contributed by atoms with Gasteiger partial charge in [-0.05, 0) is 49.6 Å². The van der Waals surface area contributed by atoms with E-state index in [0.717, 1.165) is 10.9 Å². The molecule has 3 rings (SSSR count). The minimum absolute atomic E-state index is 0.0845. The summed E-state index contributed by atoms with van der Waals surface area (Å²) in [7, 11) is 0.